The van der Waals surface area contributed by atoms with E-state index in [0.29, 0.717) is 22.4 Å². The van der Waals surface area contributed by atoms with Crippen molar-refractivity contribution in [1.29, 1.82) is 5.26 Å². The number of aromatic nitrogens is 1. The Hall–Kier alpha value is -4.08. The molecule has 0 amide bonds. The number of hydrogen-bond donors (Lipinski definition) is 0. The summed E-state index contributed by atoms with van der Waals surface area (Å²) in [6, 6.07) is 11.3. The van der Waals surface area contributed by atoms with E-state index < -0.39 is 61.1 Å². The summed E-state index contributed by atoms with van der Waals surface area (Å²) in [5.41, 5.74) is 2.81. The maximum absolute atomic E-state index is 12.3. The lowest BCUT2D eigenvalue weighted by Crippen LogP contribution is -2.60. The standard InChI is InChI=1S/C28H30N2O9S/c1-14-15(2)23(20-10-8-7-9-11-20)30(28(40)21(14)12-29)27-26(38-19(6)34)25(37-18(5)33)24(36-17(4)32)22(39-27)13-35-16(3)31/h7-11,22,24-27H,13H2,1-6H3/t22-,24+,25+,26+,27-/m0/s1. The maximum Gasteiger partial charge on any atom is 0.303 e. The number of nitrogens with zero attached hydrogens (tertiary/aromatic N) is 2. The van der Waals surface area contributed by atoms with Gasteiger partial charge < -0.3 is 28.3 Å². The van der Waals surface area contributed by atoms with E-state index >= 15 is 0 Å². The minimum atomic E-state index is -1.39. The van der Waals surface area contributed by atoms with E-state index in [1.807, 2.05) is 37.3 Å². The first-order valence-corrected chi connectivity index (χ1v) is 12.8. The smallest absolute Gasteiger partial charge is 0.303 e. The number of esters is 4. The summed E-state index contributed by atoms with van der Waals surface area (Å²) in [6.45, 7) is 7.84. The Morgan fingerprint density at radius 2 is 1.43 bits per heavy atom. The second kappa shape index (κ2) is 12.8. The van der Waals surface area contributed by atoms with Crippen LogP contribution in [-0.4, -0.2) is 59.5 Å². The van der Waals surface area contributed by atoms with Crippen LogP contribution in [-0.2, 0) is 42.9 Å². The van der Waals surface area contributed by atoms with Gasteiger partial charge in [-0.1, -0.05) is 42.5 Å². The third-order valence-corrected chi connectivity index (χ3v) is 6.75. The Morgan fingerprint density at radius 1 is 0.875 bits per heavy atom. The third-order valence-electron chi connectivity index (χ3n) is 6.35. The fourth-order valence-electron chi connectivity index (χ4n) is 4.67. The first-order valence-electron chi connectivity index (χ1n) is 12.4. The van der Waals surface area contributed by atoms with Gasteiger partial charge in [0.25, 0.3) is 0 Å². The maximum atomic E-state index is 12.3. The number of pyridine rings is 1. The van der Waals surface area contributed by atoms with E-state index in [-0.39, 0.29) is 10.2 Å². The summed E-state index contributed by atoms with van der Waals surface area (Å²) in [5, 5.41) is 9.99. The summed E-state index contributed by atoms with van der Waals surface area (Å²) in [5.74, 6) is -2.87. The van der Waals surface area contributed by atoms with Gasteiger partial charge in [-0.05, 0) is 30.5 Å². The van der Waals surface area contributed by atoms with Gasteiger partial charge in [0.1, 0.15) is 23.4 Å². The van der Waals surface area contributed by atoms with Gasteiger partial charge in [0.15, 0.2) is 24.5 Å². The molecule has 0 unspecified atom stereocenters. The highest BCUT2D eigenvalue weighted by molar-refractivity contribution is 7.71. The normalized spacial score (nSPS) is 22.0. The van der Waals surface area contributed by atoms with Crippen LogP contribution < -0.4 is 0 Å². The van der Waals surface area contributed by atoms with Gasteiger partial charge >= 0.3 is 23.9 Å². The molecule has 1 fully saturated rings. The van der Waals surface area contributed by atoms with Gasteiger partial charge in [0.05, 0.1) is 11.3 Å². The summed E-state index contributed by atoms with van der Waals surface area (Å²) in [4.78, 5) is 48.4. The average Bonchev–Trinajstić information content (AvgIpc) is 2.87. The number of ether oxygens (including phenoxy) is 5. The predicted molar refractivity (Wildman–Crippen MR) is 142 cm³/mol. The van der Waals surface area contributed by atoms with Crippen molar-refractivity contribution in [2.24, 2.45) is 0 Å². The first-order chi connectivity index (χ1) is 18.9. The lowest BCUT2D eigenvalue weighted by atomic mass is 9.94. The molecule has 0 aliphatic carbocycles. The van der Waals surface area contributed by atoms with Crippen molar-refractivity contribution in [2.45, 2.75) is 72.2 Å². The van der Waals surface area contributed by atoms with Crippen LogP contribution in [0.15, 0.2) is 30.3 Å². The zero-order valence-corrected chi connectivity index (χ0v) is 23.8. The van der Waals surface area contributed by atoms with Gasteiger partial charge in [0, 0.05) is 27.7 Å². The zero-order chi connectivity index (χ0) is 29.7. The molecule has 0 radical (unpaired) electrons. The van der Waals surface area contributed by atoms with Crippen molar-refractivity contribution in [3.8, 4) is 17.3 Å². The summed E-state index contributed by atoms with van der Waals surface area (Å²) in [7, 11) is 0. The van der Waals surface area contributed by atoms with Gasteiger partial charge in [-0.15, -0.1) is 0 Å². The fraction of sp³-hybridized carbons (Fsp3) is 0.429. The van der Waals surface area contributed by atoms with Gasteiger partial charge in [0.2, 0.25) is 0 Å². The minimum Gasteiger partial charge on any atom is -0.463 e. The molecule has 12 heteroatoms. The van der Waals surface area contributed by atoms with Crippen molar-refractivity contribution in [3.63, 3.8) is 0 Å². The molecule has 3 rings (SSSR count). The Morgan fingerprint density at radius 3 is 1.95 bits per heavy atom. The molecular weight excluding hydrogens is 540 g/mol. The molecule has 40 heavy (non-hydrogen) atoms. The topological polar surface area (TPSA) is 143 Å². The third kappa shape index (κ3) is 6.55. The molecule has 0 saturated carbocycles. The molecule has 212 valence electrons. The summed E-state index contributed by atoms with van der Waals surface area (Å²) < 4.78 is 29.9. The van der Waals surface area contributed by atoms with Gasteiger partial charge in [-0.3, -0.25) is 19.2 Å². The van der Waals surface area contributed by atoms with E-state index in [1.165, 1.54) is 11.5 Å². The lowest BCUT2D eigenvalue weighted by Gasteiger charge is -2.45. The largest absolute Gasteiger partial charge is 0.463 e. The monoisotopic (exact) mass is 570 g/mol. The number of rotatable bonds is 7. The van der Waals surface area contributed by atoms with Crippen molar-refractivity contribution in [2.75, 3.05) is 6.61 Å². The van der Waals surface area contributed by atoms with Crippen LogP contribution in [0, 0.1) is 29.8 Å². The van der Waals surface area contributed by atoms with Crippen molar-refractivity contribution < 1.29 is 42.9 Å². The van der Waals surface area contributed by atoms with E-state index in [2.05, 4.69) is 6.07 Å². The molecule has 5 atom stereocenters. The molecule has 2 aromatic rings. The quantitative estimate of drug-likeness (QED) is 0.273. The highest BCUT2D eigenvalue weighted by atomic mass is 32.1. The number of carbonyl (C=O) groups excluding carboxylic acids is 4. The van der Waals surface area contributed by atoms with Crippen LogP contribution in [0.2, 0.25) is 0 Å². The molecule has 1 saturated heterocycles. The number of nitriles is 1. The van der Waals surface area contributed by atoms with Gasteiger partial charge in [-0.25, -0.2) is 0 Å². The molecule has 0 bridgehead atoms. The van der Waals surface area contributed by atoms with Crippen LogP contribution in [0.4, 0.5) is 0 Å². The van der Waals surface area contributed by atoms with Crippen molar-refractivity contribution in [1.82, 2.24) is 4.57 Å². The predicted octanol–water partition coefficient (Wildman–Crippen LogP) is 3.63. The molecule has 2 heterocycles. The van der Waals surface area contributed by atoms with Crippen LogP contribution >= 0.6 is 12.2 Å². The molecule has 1 aromatic carbocycles. The van der Waals surface area contributed by atoms with E-state index in [1.54, 1.807) is 6.92 Å². The van der Waals surface area contributed by atoms with Gasteiger partial charge in [-0.2, -0.15) is 5.26 Å². The van der Waals surface area contributed by atoms with Crippen molar-refractivity contribution in [3.05, 3.63) is 51.7 Å². The van der Waals surface area contributed by atoms with Crippen LogP contribution in [0.3, 0.4) is 0 Å². The van der Waals surface area contributed by atoms with Crippen LogP contribution in [0.5, 0.6) is 0 Å². The van der Waals surface area contributed by atoms with E-state index in [9.17, 15) is 24.4 Å². The fourth-order valence-corrected chi connectivity index (χ4v) is 5.06. The molecule has 11 nitrogen and oxygen atoms in total. The Balaban J connectivity index is 2.38. The highest BCUT2D eigenvalue weighted by Crippen LogP contribution is 2.39. The Kier molecular flexibility index (Phi) is 9.78. The molecule has 1 aliphatic heterocycles. The molecule has 0 spiro atoms. The van der Waals surface area contributed by atoms with Crippen molar-refractivity contribution >= 4 is 36.1 Å². The second-order valence-electron chi connectivity index (χ2n) is 9.22. The molecule has 1 aromatic heterocycles. The zero-order valence-electron chi connectivity index (χ0n) is 23.0. The number of benzene rings is 1. The number of hydrogen-bond acceptors (Lipinski definition) is 11. The SMILES string of the molecule is CC(=O)OC[C@@H]1O[C@H](n2c(-c3ccccc3)c(C)c(C)c(C#N)c2=S)[C@H](OC(C)=O)[C@H](OC(C)=O)[C@@H]1OC(C)=O. The summed E-state index contributed by atoms with van der Waals surface area (Å²) in [6.07, 6.45) is -6.57. The highest BCUT2D eigenvalue weighted by Gasteiger charge is 2.53. The number of carbonyl (C=O) groups is 4. The summed E-state index contributed by atoms with van der Waals surface area (Å²) >= 11 is 5.79. The lowest BCUT2D eigenvalue weighted by molar-refractivity contribution is -0.268. The van der Waals surface area contributed by atoms with E-state index in [0.717, 1.165) is 20.8 Å². The van der Waals surface area contributed by atoms with E-state index in [4.69, 9.17) is 35.9 Å². The molecule has 1 aliphatic rings. The van der Waals surface area contributed by atoms with Crippen LogP contribution in [0.25, 0.3) is 11.3 Å². The van der Waals surface area contributed by atoms with Crippen LogP contribution in [0.1, 0.15) is 50.6 Å². The Bertz CT molecular complexity index is 1410. The second-order valence-corrected chi connectivity index (χ2v) is 9.60. The molecule has 0 N–H and O–H groups in total. The minimum absolute atomic E-state index is 0.0744. The molecular formula is C28H30N2O9S. The first kappa shape index (κ1) is 30.5. The Labute approximate surface area is 236 Å². The average molecular weight is 571 g/mol.